The Bertz CT molecular complexity index is 730. The molecule has 0 N–H and O–H groups in total. The summed E-state index contributed by atoms with van der Waals surface area (Å²) in [7, 11) is 0. The van der Waals surface area contributed by atoms with E-state index >= 15 is 0 Å². The molecule has 0 amide bonds. The average Bonchev–Trinajstić information content (AvgIpc) is 3.00. The van der Waals surface area contributed by atoms with E-state index in [9.17, 15) is 4.39 Å². The lowest BCUT2D eigenvalue weighted by Crippen LogP contribution is -2.59. The quantitative estimate of drug-likeness (QED) is 0.821. The van der Waals surface area contributed by atoms with Gasteiger partial charge in [-0.25, -0.2) is 4.39 Å². The molecule has 25 heavy (non-hydrogen) atoms. The number of anilines is 1. The van der Waals surface area contributed by atoms with Crippen molar-refractivity contribution in [3.63, 3.8) is 0 Å². The topological polar surface area (TPSA) is 15.7 Å². The van der Waals surface area contributed by atoms with Crippen LogP contribution in [0.25, 0.3) is 0 Å². The molecule has 0 bridgehead atoms. The molecule has 2 fully saturated rings. The zero-order valence-electron chi connectivity index (χ0n) is 14.7. The lowest BCUT2D eigenvalue weighted by atomic mass is 9.90. The summed E-state index contributed by atoms with van der Waals surface area (Å²) in [5, 5.41) is 0. The summed E-state index contributed by atoms with van der Waals surface area (Å²) in [5.41, 5.74) is 0.837. The van der Waals surface area contributed by atoms with E-state index in [1.807, 2.05) is 17.4 Å². The highest BCUT2D eigenvalue weighted by molar-refractivity contribution is 7.11. The van der Waals surface area contributed by atoms with Gasteiger partial charge in [-0.3, -0.25) is 4.90 Å². The predicted molar refractivity (Wildman–Crippen MR) is 101 cm³/mol. The Morgan fingerprint density at radius 3 is 2.92 bits per heavy atom. The zero-order valence-corrected chi connectivity index (χ0v) is 15.5. The van der Waals surface area contributed by atoms with Gasteiger partial charge in [-0.2, -0.15) is 0 Å². The van der Waals surface area contributed by atoms with Crippen molar-refractivity contribution in [3.8, 4) is 0 Å². The van der Waals surface area contributed by atoms with E-state index in [0.29, 0.717) is 0 Å². The van der Waals surface area contributed by atoms with Crippen LogP contribution in [-0.4, -0.2) is 43.3 Å². The minimum absolute atomic E-state index is 0.130. The van der Waals surface area contributed by atoms with Gasteiger partial charge >= 0.3 is 0 Å². The molecule has 0 radical (unpaired) electrons. The lowest BCUT2D eigenvalue weighted by molar-refractivity contribution is -0.116. The second kappa shape index (κ2) is 7.06. The Morgan fingerprint density at radius 1 is 1.20 bits per heavy atom. The van der Waals surface area contributed by atoms with Crippen LogP contribution in [0.15, 0.2) is 36.4 Å². The minimum Gasteiger partial charge on any atom is -0.370 e. The summed E-state index contributed by atoms with van der Waals surface area (Å²) in [5.74, 6) is -0.170. The van der Waals surface area contributed by atoms with Crippen LogP contribution in [0.4, 0.5) is 10.1 Å². The number of halogens is 1. The van der Waals surface area contributed by atoms with Gasteiger partial charge in [0.1, 0.15) is 5.82 Å². The first kappa shape index (κ1) is 17.0. The first-order valence-electron chi connectivity index (χ1n) is 9.04. The third-order valence-corrected chi connectivity index (χ3v) is 6.20. The Morgan fingerprint density at radius 2 is 2.12 bits per heavy atom. The van der Waals surface area contributed by atoms with E-state index in [4.69, 9.17) is 4.74 Å². The molecule has 4 rings (SSSR count). The Labute approximate surface area is 153 Å². The highest BCUT2D eigenvalue weighted by Crippen LogP contribution is 2.32. The van der Waals surface area contributed by atoms with Crippen LogP contribution >= 0.6 is 11.3 Å². The Kier molecular flexibility index (Phi) is 4.80. The van der Waals surface area contributed by atoms with E-state index in [2.05, 4.69) is 28.9 Å². The van der Waals surface area contributed by atoms with Crippen molar-refractivity contribution in [3.05, 3.63) is 52.0 Å². The molecule has 0 unspecified atom stereocenters. The minimum atomic E-state index is -0.170. The number of ether oxygens (including phenoxy) is 1. The molecular formula is C20H25FN2OS. The monoisotopic (exact) mass is 360 g/mol. The van der Waals surface area contributed by atoms with Crippen molar-refractivity contribution < 1.29 is 9.13 Å². The van der Waals surface area contributed by atoms with Crippen LogP contribution in [0.1, 0.15) is 22.6 Å². The maximum atomic E-state index is 13.6. The molecule has 3 heterocycles. The van der Waals surface area contributed by atoms with Crippen LogP contribution < -0.4 is 4.90 Å². The van der Waals surface area contributed by atoms with Gasteiger partial charge in [0.15, 0.2) is 0 Å². The first-order chi connectivity index (χ1) is 12.1. The van der Waals surface area contributed by atoms with Crippen LogP contribution in [0.3, 0.4) is 0 Å². The van der Waals surface area contributed by atoms with Gasteiger partial charge in [-0.05, 0) is 50.1 Å². The second-order valence-corrected chi connectivity index (χ2v) is 8.63. The van der Waals surface area contributed by atoms with E-state index < -0.39 is 0 Å². The third-order valence-electron chi connectivity index (χ3n) is 5.22. The van der Waals surface area contributed by atoms with Crippen molar-refractivity contribution >= 4 is 17.0 Å². The summed E-state index contributed by atoms with van der Waals surface area (Å²) in [6, 6.07) is 11.4. The van der Waals surface area contributed by atoms with Crippen molar-refractivity contribution in [1.29, 1.82) is 0 Å². The molecule has 1 aromatic carbocycles. The number of piperidine rings is 1. The molecule has 2 aliphatic rings. The van der Waals surface area contributed by atoms with Gasteiger partial charge in [0.05, 0.1) is 12.2 Å². The van der Waals surface area contributed by atoms with Crippen LogP contribution in [0.2, 0.25) is 0 Å². The fourth-order valence-electron chi connectivity index (χ4n) is 4.09. The normalized spacial score (nSPS) is 24.8. The van der Waals surface area contributed by atoms with E-state index in [1.54, 1.807) is 12.1 Å². The van der Waals surface area contributed by atoms with Crippen LogP contribution in [0.5, 0.6) is 0 Å². The molecule has 134 valence electrons. The molecule has 5 heteroatoms. The van der Waals surface area contributed by atoms with Gasteiger partial charge in [-0.1, -0.05) is 6.07 Å². The maximum absolute atomic E-state index is 13.6. The van der Waals surface area contributed by atoms with Gasteiger partial charge in [0, 0.05) is 48.2 Å². The van der Waals surface area contributed by atoms with Crippen LogP contribution in [-0.2, 0) is 11.3 Å². The summed E-state index contributed by atoms with van der Waals surface area (Å²) < 4.78 is 19.9. The molecule has 1 atom stereocenters. The van der Waals surface area contributed by atoms with E-state index in [0.717, 1.165) is 57.9 Å². The molecule has 2 aliphatic heterocycles. The smallest absolute Gasteiger partial charge is 0.125 e. The van der Waals surface area contributed by atoms with Gasteiger partial charge in [0.2, 0.25) is 0 Å². The number of thiophene rings is 1. The average molecular weight is 360 g/mol. The number of benzene rings is 1. The van der Waals surface area contributed by atoms with E-state index in [1.165, 1.54) is 15.8 Å². The number of hydrogen-bond acceptors (Lipinski definition) is 4. The van der Waals surface area contributed by atoms with Gasteiger partial charge in [-0.15, -0.1) is 11.3 Å². The molecule has 3 nitrogen and oxygen atoms in total. The maximum Gasteiger partial charge on any atom is 0.125 e. The summed E-state index contributed by atoms with van der Waals surface area (Å²) in [6.07, 6.45) is 2.17. The molecule has 2 saturated heterocycles. The number of morpholine rings is 1. The summed E-state index contributed by atoms with van der Waals surface area (Å²) in [4.78, 5) is 7.59. The third kappa shape index (κ3) is 3.89. The number of nitrogens with zero attached hydrogens (tertiary/aromatic N) is 2. The zero-order chi connectivity index (χ0) is 17.3. The summed E-state index contributed by atoms with van der Waals surface area (Å²) >= 11 is 1.88. The highest BCUT2D eigenvalue weighted by Gasteiger charge is 2.40. The van der Waals surface area contributed by atoms with Crippen molar-refractivity contribution in [2.75, 3.05) is 37.7 Å². The molecule has 2 aromatic rings. The number of hydrogen-bond donors (Lipinski definition) is 0. The van der Waals surface area contributed by atoms with Crippen molar-refractivity contribution in [1.82, 2.24) is 4.90 Å². The first-order valence-corrected chi connectivity index (χ1v) is 9.86. The Hall–Kier alpha value is -1.43. The molecule has 0 aliphatic carbocycles. The van der Waals surface area contributed by atoms with Crippen LogP contribution in [0, 0.1) is 12.7 Å². The predicted octanol–water partition coefficient (Wildman–Crippen LogP) is 4.07. The lowest BCUT2D eigenvalue weighted by Gasteiger charge is -2.48. The molecular weight excluding hydrogens is 335 g/mol. The largest absolute Gasteiger partial charge is 0.370 e. The fraction of sp³-hybridized carbons (Fsp3) is 0.500. The Balaban J connectivity index is 1.46. The van der Waals surface area contributed by atoms with Gasteiger partial charge in [0.25, 0.3) is 0 Å². The number of aryl methyl sites for hydroxylation is 1. The van der Waals surface area contributed by atoms with Crippen molar-refractivity contribution in [2.45, 2.75) is 31.9 Å². The molecule has 1 aromatic heterocycles. The SMILES string of the molecule is Cc1ccc(CN2CCO[C@@]3(CCCN(c4cccc(F)c4)C3)C2)s1. The van der Waals surface area contributed by atoms with Crippen molar-refractivity contribution in [2.24, 2.45) is 0 Å². The second-order valence-electron chi connectivity index (χ2n) is 7.26. The fourth-order valence-corrected chi connectivity index (χ4v) is 5.02. The number of rotatable bonds is 3. The summed E-state index contributed by atoms with van der Waals surface area (Å²) in [6.45, 7) is 7.70. The molecule has 0 saturated carbocycles. The highest BCUT2D eigenvalue weighted by atomic mass is 32.1. The molecule has 1 spiro atoms. The van der Waals surface area contributed by atoms with E-state index in [-0.39, 0.29) is 11.4 Å². The standard InChI is InChI=1S/C20H25FN2OS/c1-16-6-7-19(25-16)13-22-10-11-24-20(14-22)8-3-9-23(15-20)18-5-2-4-17(21)12-18/h2,4-7,12H,3,8-11,13-15H2,1H3/t20-/m0/s1. The van der Waals surface area contributed by atoms with Gasteiger partial charge < -0.3 is 9.64 Å².